The maximum atomic E-state index is 12.3. The Labute approximate surface area is 105 Å². The first-order valence-corrected chi connectivity index (χ1v) is 6.40. The van der Waals surface area contributed by atoms with E-state index in [9.17, 15) is 4.79 Å². The van der Waals surface area contributed by atoms with Gasteiger partial charge in [0.1, 0.15) is 0 Å². The molecule has 1 aliphatic rings. The van der Waals surface area contributed by atoms with Crippen molar-refractivity contribution in [3.05, 3.63) is 25.3 Å². The fraction of sp³-hybridized carbons (Fsp3) is 0.643. The lowest BCUT2D eigenvalue weighted by molar-refractivity contribution is -0.136. The molecule has 0 saturated carbocycles. The van der Waals surface area contributed by atoms with Crippen molar-refractivity contribution in [2.45, 2.75) is 31.7 Å². The number of amides is 1. The summed E-state index contributed by atoms with van der Waals surface area (Å²) in [6.07, 6.45) is 7.38. The lowest BCUT2D eigenvalue weighted by Gasteiger charge is -2.34. The molecule has 1 aliphatic heterocycles. The van der Waals surface area contributed by atoms with E-state index in [1.165, 1.54) is 0 Å². The van der Waals surface area contributed by atoms with Gasteiger partial charge in [0, 0.05) is 25.0 Å². The van der Waals surface area contributed by atoms with Crippen LogP contribution in [0.4, 0.5) is 0 Å². The van der Waals surface area contributed by atoms with Gasteiger partial charge in [0.25, 0.3) is 0 Å². The largest absolute Gasteiger partial charge is 0.341 e. The first-order chi connectivity index (χ1) is 8.22. The third kappa shape index (κ3) is 4.00. The molecule has 17 heavy (non-hydrogen) atoms. The van der Waals surface area contributed by atoms with Crippen LogP contribution < -0.4 is 5.32 Å². The number of rotatable bonds is 6. The van der Waals surface area contributed by atoms with Crippen LogP contribution in [0.2, 0.25) is 0 Å². The van der Waals surface area contributed by atoms with Gasteiger partial charge in [0.2, 0.25) is 5.91 Å². The summed E-state index contributed by atoms with van der Waals surface area (Å²) in [4.78, 5) is 14.3. The molecule has 96 valence electrons. The zero-order valence-corrected chi connectivity index (χ0v) is 10.8. The molecule has 0 bridgehead atoms. The molecule has 1 rings (SSSR count). The summed E-state index contributed by atoms with van der Waals surface area (Å²) < 4.78 is 0. The van der Waals surface area contributed by atoms with Gasteiger partial charge in [-0.3, -0.25) is 4.79 Å². The first-order valence-electron chi connectivity index (χ1n) is 6.40. The number of hydrogen-bond acceptors (Lipinski definition) is 2. The van der Waals surface area contributed by atoms with Gasteiger partial charge in [-0.2, -0.15) is 0 Å². The van der Waals surface area contributed by atoms with E-state index in [0.717, 1.165) is 38.8 Å². The van der Waals surface area contributed by atoms with Gasteiger partial charge >= 0.3 is 0 Å². The quantitative estimate of drug-likeness (QED) is 0.715. The number of likely N-dealkylation sites (tertiary alicyclic amines) is 1. The molecule has 0 spiro atoms. The number of allylic oxidation sites excluding steroid dienone is 2. The molecule has 0 aliphatic carbocycles. The summed E-state index contributed by atoms with van der Waals surface area (Å²) in [5.41, 5.74) is 0. The fourth-order valence-electron chi connectivity index (χ4n) is 2.37. The second-order valence-corrected chi connectivity index (χ2v) is 4.66. The lowest BCUT2D eigenvalue weighted by Crippen LogP contribution is -2.48. The van der Waals surface area contributed by atoms with Crippen molar-refractivity contribution in [2.24, 2.45) is 5.92 Å². The third-order valence-electron chi connectivity index (χ3n) is 3.39. The van der Waals surface area contributed by atoms with E-state index < -0.39 is 0 Å². The molecule has 1 fully saturated rings. The first kappa shape index (κ1) is 14.0. The highest BCUT2D eigenvalue weighted by Crippen LogP contribution is 2.18. The van der Waals surface area contributed by atoms with E-state index >= 15 is 0 Å². The third-order valence-corrected chi connectivity index (χ3v) is 3.39. The second-order valence-electron chi connectivity index (χ2n) is 4.66. The summed E-state index contributed by atoms with van der Waals surface area (Å²) >= 11 is 0. The number of likely N-dealkylation sites (N-methyl/N-ethyl adjacent to an activating group) is 1. The SMILES string of the molecule is C=CCC(CC=C)C(=O)N1CCCC(NC)C1. The minimum absolute atomic E-state index is 0.0283. The standard InChI is InChI=1S/C14H24N2O/c1-4-7-12(8-5-2)14(17)16-10-6-9-13(11-16)15-3/h4-5,12-13,15H,1-2,6-11H2,3H3. The van der Waals surface area contributed by atoms with Crippen LogP contribution in [0.25, 0.3) is 0 Å². The summed E-state index contributed by atoms with van der Waals surface area (Å²) in [5.74, 6) is 0.283. The molecular weight excluding hydrogens is 212 g/mol. The highest BCUT2D eigenvalue weighted by atomic mass is 16.2. The van der Waals surface area contributed by atoms with Crippen molar-refractivity contribution in [3.8, 4) is 0 Å². The van der Waals surface area contributed by atoms with Crippen molar-refractivity contribution in [2.75, 3.05) is 20.1 Å². The number of carbonyl (C=O) groups excluding carboxylic acids is 1. The average Bonchev–Trinajstić information content (AvgIpc) is 2.38. The van der Waals surface area contributed by atoms with Crippen molar-refractivity contribution in [3.63, 3.8) is 0 Å². The van der Waals surface area contributed by atoms with Crippen molar-refractivity contribution in [1.29, 1.82) is 0 Å². The topological polar surface area (TPSA) is 32.3 Å². The van der Waals surface area contributed by atoms with Crippen molar-refractivity contribution < 1.29 is 4.79 Å². The molecule has 1 saturated heterocycles. The number of piperidine rings is 1. The van der Waals surface area contributed by atoms with Crippen LogP contribution in [0.1, 0.15) is 25.7 Å². The van der Waals surface area contributed by atoms with Gasteiger partial charge in [-0.05, 0) is 32.7 Å². The van der Waals surface area contributed by atoms with Crippen LogP contribution in [0.3, 0.4) is 0 Å². The monoisotopic (exact) mass is 236 g/mol. The fourth-order valence-corrected chi connectivity index (χ4v) is 2.37. The Morgan fingerprint density at radius 3 is 2.65 bits per heavy atom. The summed E-state index contributed by atoms with van der Waals surface area (Å²) in [7, 11) is 1.96. The molecule has 0 radical (unpaired) electrons. The van der Waals surface area contributed by atoms with Crippen LogP contribution in [-0.4, -0.2) is 37.0 Å². The molecule has 1 amide bonds. The molecule has 1 heterocycles. The molecule has 1 atom stereocenters. The highest BCUT2D eigenvalue weighted by Gasteiger charge is 2.26. The number of carbonyl (C=O) groups is 1. The Balaban J connectivity index is 2.58. The lowest BCUT2D eigenvalue weighted by atomic mass is 9.97. The summed E-state index contributed by atoms with van der Waals surface area (Å²) in [6, 6.07) is 0.445. The predicted octanol–water partition coefficient (Wildman–Crippen LogP) is 1.97. The Morgan fingerprint density at radius 1 is 1.47 bits per heavy atom. The van der Waals surface area contributed by atoms with Gasteiger partial charge in [-0.25, -0.2) is 0 Å². The van der Waals surface area contributed by atoms with E-state index in [-0.39, 0.29) is 11.8 Å². The van der Waals surface area contributed by atoms with Crippen LogP contribution >= 0.6 is 0 Å². The smallest absolute Gasteiger partial charge is 0.226 e. The molecular formula is C14H24N2O. The number of nitrogens with zero attached hydrogens (tertiary/aromatic N) is 1. The molecule has 3 heteroatoms. The summed E-state index contributed by atoms with van der Waals surface area (Å²) in [5, 5.41) is 3.26. The molecule has 0 aromatic heterocycles. The molecule has 1 unspecified atom stereocenters. The van der Waals surface area contributed by atoms with Crippen LogP contribution in [0.5, 0.6) is 0 Å². The average molecular weight is 236 g/mol. The van der Waals surface area contributed by atoms with Gasteiger partial charge < -0.3 is 10.2 Å². The maximum Gasteiger partial charge on any atom is 0.226 e. The van der Waals surface area contributed by atoms with Crippen molar-refractivity contribution >= 4 is 5.91 Å². The minimum atomic E-state index is 0.0283. The number of nitrogens with one attached hydrogen (secondary N) is 1. The van der Waals surface area contributed by atoms with E-state index in [2.05, 4.69) is 18.5 Å². The predicted molar refractivity (Wildman–Crippen MR) is 71.8 cm³/mol. The Bertz CT molecular complexity index is 265. The van der Waals surface area contributed by atoms with Gasteiger partial charge in [0.05, 0.1) is 0 Å². The van der Waals surface area contributed by atoms with Gasteiger partial charge in [-0.15, -0.1) is 13.2 Å². The van der Waals surface area contributed by atoms with Gasteiger partial charge in [0.15, 0.2) is 0 Å². The molecule has 0 aromatic carbocycles. The Morgan fingerprint density at radius 2 is 2.12 bits per heavy atom. The summed E-state index contributed by atoms with van der Waals surface area (Å²) in [6.45, 7) is 9.17. The van der Waals surface area contributed by atoms with E-state index in [4.69, 9.17) is 0 Å². The van der Waals surface area contributed by atoms with Crippen LogP contribution in [-0.2, 0) is 4.79 Å². The second kappa shape index (κ2) is 7.28. The zero-order chi connectivity index (χ0) is 12.7. The number of hydrogen-bond donors (Lipinski definition) is 1. The molecule has 1 N–H and O–H groups in total. The Kier molecular flexibility index (Phi) is 5.98. The molecule has 3 nitrogen and oxygen atoms in total. The normalized spacial score (nSPS) is 20.4. The van der Waals surface area contributed by atoms with Crippen LogP contribution in [0.15, 0.2) is 25.3 Å². The van der Waals surface area contributed by atoms with Crippen LogP contribution in [0, 0.1) is 5.92 Å². The Hall–Kier alpha value is -1.09. The van der Waals surface area contributed by atoms with E-state index in [1.54, 1.807) is 0 Å². The molecule has 0 aromatic rings. The van der Waals surface area contributed by atoms with Crippen molar-refractivity contribution in [1.82, 2.24) is 10.2 Å². The zero-order valence-electron chi connectivity index (χ0n) is 10.8. The van der Waals surface area contributed by atoms with E-state index in [1.807, 2.05) is 24.1 Å². The van der Waals surface area contributed by atoms with E-state index in [0.29, 0.717) is 6.04 Å². The highest BCUT2D eigenvalue weighted by molar-refractivity contribution is 5.79. The minimum Gasteiger partial charge on any atom is -0.341 e. The van der Waals surface area contributed by atoms with Gasteiger partial charge in [-0.1, -0.05) is 12.2 Å². The maximum absolute atomic E-state index is 12.3.